The van der Waals surface area contributed by atoms with Gasteiger partial charge in [0.15, 0.2) is 0 Å². The Bertz CT molecular complexity index is 946. The number of benzene rings is 1. The molecule has 36 heavy (non-hydrogen) atoms. The molecule has 0 aliphatic heterocycles. The normalized spacial score (nSPS) is 13.0. The van der Waals surface area contributed by atoms with Crippen LogP contribution in [0.4, 0.5) is 0 Å². The number of imidazole rings is 1. The average molecular weight is 632 g/mol. The third-order valence-electron chi connectivity index (χ3n) is 5.65. The van der Waals surface area contributed by atoms with E-state index in [1.54, 1.807) is 12.5 Å². The molecule has 1 N–H and O–H groups in total. The molecule has 1 aromatic carbocycles. The van der Waals surface area contributed by atoms with Crippen molar-refractivity contribution in [2.24, 2.45) is 5.92 Å². The van der Waals surface area contributed by atoms with E-state index < -0.39 is 12.1 Å². The van der Waals surface area contributed by atoms with Crippen molar-refractivity contribution in [2.45, 2.75) is 84.8 Å². The Balaban J connectivity index is 2.23. The van der Waals surface area contributed by atoms with Crippen molar-refractivity contribution in [2.75, 3.05) is 13.2 Å². The molecule has 0 amide bonds. The van der Waals surface area contributed by atoms with Crippen LogP contribution in [0.5, 0.6) is 0 Å². The van der Waals surface area contributed by atoms with Gasteiger partial charge in [-0.1, -0.05) is 52.1 Å². The lowest BCUT2D eigenvalue weighted by Gasteiger charge is -2.25. The molecule has 1 heterocycles. The van der Waals surface area contributed by atoms with Crippen molar-refractivity contribution in [3.63, 3.8) is 0 Å². The largest absolute Gasteiger partial charge is 0.465 e. The van der Waals surface area contributed by atoms with Gasteiger partial charge in [0.25, 0.3) is 0 Å². The number of nitrogens with one attached hydrogen (secondary N) is 1. The van der Waals surface area contributed by atoms with E-state index in [1.807, 2.05) is 44.4 Å². The number of hydrogen-bond acceptors (Lipinski definition) is 6. The number of carbonyl (C=O) groups excluding carboxylic acids is 2. The summed E-state index contributed by atoms with van der Waals surface area (Å²) in [5.74, 6) is -0.456. The van der Waals surface area contributed by atoms with Crippen LogP contribution < -0.4 is 5.32 Å². The summed E-state index contributed by atoms with van der Waals surface area (Å²) in [6.07, 6.45) is 7.85. The van der Waals surface area contributed by atoms with Crippen LogP contribution in [0.3, 0.4) is 0 Å². The summed E-state index contributed by atoms with van der Waals surface area (Å²) in [6, 6.07) is 4.58. The molecule has 0 saturated carbocycles. The summed E-state index contributed by atoms with van der Waals surface area (Å²) in [4.78, 5) is 30.3. The minimum Gasteiger partial charge on any atom is -0.465 e. The molecule has 0 aliphatic rings. The Morgan fingerprint density at radius 1 is 1.06 bits per heavy atom. The summed E-state index contributed by atoms with van der Waals surface area (Å²) in [5, 5.41) is 3.95. The van der Waals surface area contributed by atoms with E-state index in [1.165, 1.54) is 0 Å². The van der Waals surface area contributed by atoms with Gasteiger partial charge in [-0.05, 0) is 71.5 Å². The van der Waals surface area contributed by atoms with Gasteiger partial charge in [-0.3, -0.25) is 14.9 Å². The van der Waals surface area contributed by atoms with Gasteiger partial charge in [0, 0.05) is 33.4 Å². The fourth-order valence-corrected chi connectivity index (χ4v) is 4.94. The number of rotatable bonds is 16. The molecule has 9 heteroatoms. The van der Waals surface area contributed by atoms with Crippen LogP contribution in [0.1, 0.15) is 71.1 Å². The molecule has 2 unspecified atom stereocenters. The highest BCUT2D eigenvalue weighted by atomic mass is 127. The van der Waals surface area contributed by atoms with Gasteiger partial charge in [-0.2, -0.15) is 0 Å². The standard InChI is InChI=1S/C27H39ClIN3O4/c1-5-7-9-35-26(33)24(11-19(3)4)31-25(27(34)36-10-8-6-2)15-23-16-30-18-32(23)17-20-12-21(28)14-22(29)13-20/h12-14,16,18-19,24-25,31H,5-11,15,17H2,1-4H3. The molecule has 7 nitrogen and oxygen atoms in total. The molecule has 0 radical (unpaired) electrons. The maximum absolute atomic E-state index is 13.1. The van der Waals surface area contributed by atoms with Crippen molar-refractivity contribution in [1.82, 2.24) is 14.9 Å². The van der Waals surface area contributed by atoms with Crippen molar-refractivity contribution in [3.8, 4) is 0 Å². The molecule has 0 aliphatic carbocycles. The number of unbranched alkanes of at least 4 members (excludes halogenated alkanes) is 2. The van der Waals surface area contributed by atoms with Gasteiger partial charge >= 0.3 is 11.9 Å². The van der Waals surface area contributed by atoms with Gasteiger partial charge in [0.2, 0.25) is 0 Å². The molecule has 2 rings (SSSR count). The molecule has 200 valence electrons. The van der Waals surface area contributed by atoms with Gasteiger partial charge in [-0.25, -0.2) is 4.98 Å². The summed E-state index contributed by atoms with van der Waals surface area (Å²) >= 11 is 8.49. The lowest BCUT2D eigenvalue weighted by atomic mass is 10.0. The minimum atomic E-state index is -0.709. The zero-order valence-corrected chi connectivity index (χ0v) is 24.7. The Kier molecular flexibility index (Phi) is 13.8. The lowest BCUT2D eigenvalue weighted by Crippen LogP contribution is -2.50. The van der Waals surface area contributed by atoms with E-state index in [9.17, 15) is 9.59 Å². The monoisotopic (exact) mass is 631 g/mol. The van der Waals surface area contributed by atoms with E-state index in [2.05, 4.69) is 39.0 Å². The Hall–Kier alpha value is -1.65. The Morgan fingerprint density at radius 3 is 2.28 bits per heavy atom. The fourth-order valence-electron chi connectivity index (χ4n) is 3.76. The number of aromatic nitrogens is 2. The van der Waals surface area contributed by atoms with Gasteiger partial charge in [-0.15, -0.1) is 0 Å². The molecule has 1 aromatic heterocycles. The quantitative estimate of drug-likeness (QED) is 0.144. The minimum absolute atomic E-state index is 0.244. The molecule has 0 saturated heterocycles. The van der Waals surface area contributed by atoms with Gasteiger partial charge in [0.1, 0.15) is 12.1 Å². The molecule has 2 atom stereocenters. The molecule has 2 aromatic rings. The first kappa shape index (κ1) is 30.6. The zero-order chi connectivity index (χ0) is 26.5. The molecular weight excluding hydrogens is 593 g/mol. The van der Waals surface area contributed by atoms with Crippen LogP contribution in [0.15, 0.2) is 30.7 Å². The molecule has 0 bridgehead atoms. The van der Waals surface area contributed by atoms with E-state index in [0.29, 0.717) is 37.6 Å². The lowest BCUT2D eigenvalue weighted by molar-refractivity contribution is -0.150. The van der Waals surface area contributed by atoms with Crippen LogP contribution in [0.2, 0.25) is 5.02 Å². The second kappa shape index (κ2) is 16.2. The number of hydrogen-bond donors (Lipinski definition) is 1. The fraction of sp³-hybridized carbons (Fsp3) is 0.593. The van der Waals surface area contributed by atoms with Gasteiger partial charge in [0.05, 0.1) is 19.5 Å². The summed E-state index contributed by atoms with van der Waals surface area (Å²) in [5.41, 5.74) is 1.90. The van der Waals surface area contributed by atoms with Crippen molar-refractivity contribution >= 4 is 46.1 Å². The smallest absolute Gasteiger partial charge is 0.323 e. The van der Waals surface area contributed by atoms with Crippen molar-refractivity contribution < 1.29 is 19.1 Å². The zero-order valence-electron chi connectivity index (χ0n) is 21.8. The number of esters is 2. The number of halogens is 2. The first-order valence-electron chi connectivity index (χ1n) is 12.8. The Labute approximate surface area is 233 Å². The second-order valence-electron chi connectivity index (χ2n) is 9.44. The second-order valence-corrected chi connectivity index (χ2v) is 11.1. The third-order valence-corrected chi connectivity index (χ3v) is 6.49. The van der Waals surface area contributed by atoms with Crippen LogP contribution >= 0.6 is 34.2 Å². The number of carbonyl (C=O) groups is 2. The van der Waals surface area contributed by atoms with Crippen LogP contribution in [-0.2, 0) is 32.0 Å². The number of nitrogens with zero attached hydrogens (tertiary/aromatic N) is 2. The summed E-state index contributed by atoms with van der Waals surface area (Å²) in [6.45, 7) is 9.48. The maximum Gasteiger partial charge on any atom is 0.323 e. The summed E-state index contributed by atoms with van der Waals surface area (Å²) in [7, 11) is 0. The van der Waals surface area contributed by atoms with E-state index in [0.717, 1.165) is 40.5 Å². The van der Waals surface area contributed by atoms with Crippen LogP contribution in [-0.4, -0.2) is 46.8 Å². The molecule has 0 spiro atoms. The highest BCUT2D eigenvalue weighted by molar-refractivity contribution is 14.1. The predicted molar refractivity (Wildman–Crippen MR) is 151 cm³/mol. The Morgan fingerprint density at radius 2 is 1.69 bits per heavy atom. The van der Waals surface area contributed by atoms with Crippen LogP contribution in [0.25, 0.3) is 0 Å². The highest BCUT2D eigenvalue weighted by Crippen LogP contribution is 2.19. The highest BCUT2D eigenvalue weighted by Gasteiger charge is 2.30. The first-order valence-corrected chi connectivity index (χ1v) is 14.2. The summed E-state index contributed by atoms with van der Waals surface area (Å²) < 4.78 is 14.1. The molecule has 0 fully saturated rings. The van der Waals surface area contributed by atoms with Crippen LogP contribution in [0, 0.1) is 9.49 Å². The predicted octanol–water partition coefficient (Wildman–Crippen LogP) is 5.79. The maximum atomic E-state index is 13.1. The van der Waals surface area contributed by atoms with E-state index in [-0.39, 0.29) is 17.9 Å². The van der Waals surface area contributed by atoms with E-state index >= 15 is 0 Å². The average Bonchev–Trinajstić information content (AvgIpc) is 3.23. The first-order chi connectivity index (χ1) is 17.2. The molecular formula is C27H39ClIN3O4. The third kappa shape index (κ3) is 10.8. The van der Waals surface area contributed by atoms with Gasteiger partial charge < -0.3 is 14.0 Å². The number of ether oxygens (including phenoxy) is 2. The van der Waals surface area contributed by atoms with E-state index in [4.69, 9.17) is 21.1 Å². The topological polar surface area (TPSA) is 82.5 Å². The van der Waals surface area contributed by atoms with Crippen molar-refractivity contribution in [1.29, 1.82) is 0 Å². The van der Waals surface area contributed by atoms with Crippen molar-refractivity contribution in [3.05, 3.63) is 50.6 Å². The SMILES string of the molecule is CCCCOC(=O)C(Cc1cncn1Cc1cc(Cl)cc(I)c1)NC(CC(C)C)C(=O)OCCCC.